The van der Waals surface area contributed by atoms with Crippen molar-refractivity contribution in [1.29, 1.82) is 0 Å². The highest BCUT2D eigenvalue weighted by molar-refractivity contribution is 5.98. The number of ketones is 1. The Balaban J connectivity index is 2.90. The molecule has 2 N–H and O–H groups in total. The third kappa shape index (κ3) is 1.83. The van der Waals surface area contributed by atoms with Crippen LogP contribution in [0.5, 0.6) is 0 Å². The van der Waals surface area contributed by atoms with Gasteiger partial charge in [0.15, 0.2) is 5.78 Å². The molecule has 2 nitrogen and oxygen atoms in total. The van der Waals surface area contributed by atoms with Gasteiger partial charge in [0.05, 0.1) is 0 Å². The lowest BCUT2D eigenvalue weighted by Gasteiger charge is -2.16. The van der Waals surface area contributed by atoms with Crippen molar-refractivity contribution in [3.05, 3.63) is 23.3 Å². The number of nitrogens with two attached hydrogens (primary N) is 1. The minimum atomic E-state index is -0.0274. The number of Topliss-reactive ketones (excluding diaryl/α,β-unsaturated/α-hetero) is 1. The van der Waals surface area contributed by atoms with Gasteiger partial charge >= 0.3 is 0 Å². The Labute approximate surface area is 73.1 Å². The van der Waals surface area contributed by atoms with Crippen molar-refractivity contribution in [3.8, 4) is 0 Å². The van der Waals surface area contributed by atoms with Crippen LogP contribution < -0.4 is 5.73 Å². The second-order valence-corrected chi connectivity index (χ2v) is 3.20. The average molecular weight is 165 g/mol. The number of hydrogen-bond donors (Lipinski definition) is 1. The van der Waals surface area contributed by atoms with Crippen LogP contribution in [0.2, 0.25) is 0 Å². The Morgan fingerprint density at radius 2 is 2.08 bits per heavy atom. The van der Waals surface area contributed by atoms with Crippen molar-refractivity contribution in [1.82, 2.24) is 0 Å². The molecule has 0 aromatic carbocycles. The lowest BCUT2D eigenvalue weighted by atomic mass is 9.91. The summed E-state index contributed by atoms with van der Waals surface area (Å²) in [6.07, 6.45) is 6.03. The maximum absolute atomic E-state index is 11.1. The molecule has 0 fully saturated rings. The van der Waals surface area contributed by atoms with Crippen LogP contribution in [0.3, 0.4) is 0 Å². The molecule has 12 heavy (non-hydrogen) atoms. The molecular formula is C10H15NO. The van der Waals surface area contributed by atoms with Crippen LogP contribution >= 0.6 is 0 Å². The summed E-state index contributed by atoms with van der Waals surface area (Å²) in [5.74, 6) is 0.123. The van der Waals surface area contributed by atoms with E-state index in [-0.39, 0.29) is 11.8 Å². The highest BCUT2D eigenvalue weighted by Crippen LogP contribution is 2.21. The summed E-state index contributed by atoms with van der Waals surface area (Å²) in [5, 5.41) is 0. The smallest absolute Gasteiger partial charge is 0.159 e. The first-order chi connectivity index (χ1) is 5.63. The van der Waals surface area contributed by atoms with E-state index in [1.165, 1.54) is 0 Å². The number of allylic oxidation sites excluding steroid dienone is 2. The zero-order valence-electron chi connectivity index (χ0n) is 7.63. The first kappa shape index (κ1) is 9.20. The first-order valence-corrected chi connectivity index (χ1v) is 4.30. The van der Waals surface area contributed by atoms with Crippen LogP contribution in [0.15, 0.2) is 23.3 Å². The van der Waals surface area contributed by atoms with Gasteiger partial charge in [-0.25, -0.2) is 0 Å². The quantitative estimate of drug-likeness (QED) is 0.675. The SMILES string of the molecule is CC(=O)C1=CCCC=C1C(C)N. The Hall–Kier alpha value is -0.890. The van der Waals surface area contributed by atoms with Crippen LogP contribution in [0.25, 0.3) is 0 Å². The first-order valence-electron chi connectivity index (χ1n) is 4.30. The minimum absolute atomic E-state index is 0.0274. The van der Waals surface area contributed by atoms with Gasteiger partial charge in [-0.3, -0.25) is 4.79 Å². The average Bonchev–Trinajstić information content (AvgIpc) is 2.04. The summed E-state index contributed by atoms with van der Waals surface area (Å²) in [7, 11) is 0. The summed E-state index contributed by atoms with van der Waals surface area (Å²) < 4.78 is 0. The number of rotatable bonds is 2. The number of hydrogen-bond acceptors (Lipinski definition) is 2. The fourth-order valence-corrected chi connectivity index (χ4v) is 1.47. The van der Waals surface area contributed by atoms with Crippen molar-refractivity contribution in [3.63, 3.8) is 0 Å². The fourth-order valence-electron chi connectivity index (χ4n) is 1.47. The number of carbonyl (C=O) groups excluding carboxylic acids is 1. The van der Waals surface area contributed by atoms with Gasteiger partial charge in [0.2, 0.25) is 0 Å². The van der Waals surface area contributed by atoms with E-state index in [0.717, 1.165) is 24.0 Å². The molecule has 1 atom stereocenters. The summed E-state index contributed by atoms with van der Waals surface area (Å²) in [6, 6.07) is -0.0274. The molecule has 0 spiro atoms. The normalized spacial score (nSPS) is 19.6. The van der Waals surface area contributed by atoms with E-state index in [1.807, 2.05) is 13.0 Å². The second kappa shape index (κ2) is 3.68. The van der Waals surface area contributed by atoms with E-state index >= 15 is 0 Å². The van der Waals surface area contributed by atoms with Crippen LogP contribution in [-0.2, 0) is 4.79 Å². The Kier molecular flexibility index (Phi) is 2.82. The van der Waals surface area contributed by atoms with Crippen molar-refractivity contribution in [2.45, 2.75) is 32.7 Å². The molecule has 0 amide bonds. The molecule has 0 aliphatic heterocycles. The van der Waals surface area contributed by atoms with E-state index in [0.29, 0.717) is 0 Å². The minimum Gasteiger partial charge on any atom is -0.324 e. The highest BCUT2D eigenvalue weighted by atomic mass is 16.1. The topological polar surface area (TPSA) is 43.1 Å². The van der Waals surface area contributed by atoms with Gasteiger partial charge in [-0.1, -0.05) is 12.2 Å². The largest absolute Gasteiger partial charge is 0.324 e. The van der Waals surface area contributed by atoms with Crippen molar-refractivity contribution in [2.24, 2.45) is 5.73 Å². The van der Waals surface area contributed by atoms with Gasteiger partial charge in [0, 0.05) is 11.6 Å². The van der Waals surface area contributed by atoms with Crippen molar-refractivity contribution >= 4 is 5.78 Å². The summed E-state index contributed by atoms with van der Waals surface area (Å²) in [6.45, 7) is 3.50. The molecule has 0 saturated heterocycles. The standard InChI is InChI=1S/C10H15NO/c1-7(11)9-5-3-4-6-10(9)8(2)12/h5-7H,3-4,11H2,1-2H3. The molecule has 0 heterocycles. The maximum Gasteiger partial charge on any atom is 0.159 e. The zero-order valence-corrected chi connectivity index (χ0v) is 7.63. The third-order valence-electron chi connectivity index (χ3n) is 2.06. The fraction of sp³-hybridized carbons (Fsp3) is 0.500. The predicted octanol–water partition coefficient (Wildman–Crippen LogP) is 1.57. The lowest BCUT2D eigenvalue weighted by molar-refractivity contribution is -0.113. The Bertz CT molecular complexity index is 249. The molecule has 0 aromatic heterocycles. The highest BCUT2D eigenvalue weighted by Gasteiger charge is 2.15. The maximum atomic E-state index is 11.1. The predicted molar refractivity (Wildman–Crippen MR) is 49.7 cm³/mol. The summed E-state index contributed by atoms with van der Waals surface area (Å²) in [4.78, 5) is 11.1. The molecule has 66 valence electrons. The van der Waals surface area contributed by atoms with Gasteiger partial charge in [-0.05, 0) is 32.3 Å². The molecule has 1 rings (SSSR count). The van der Waals surface area contributed by atoms with E-state index < -0.39 is 0 Å². The van der Waals surface area contributed by atoms with Gasteiger partial charge in [0.25, 0.3) is 0 Å². The number of carbonyl (C=O) groups is 1. The molecule has 0 saturated carbocycles. The van der Waals surface area contributed by atoms with Crippen LogP contribution in [-0.4, -0.2) is 11.8 Å². The van der Waals surface area contributed by atoms with Gasteiger partial charge in [-0.15, -0.1) is 0 Å². The molecule has 1 aliphatic rings. The van der Waals surface area contributed by atoms with E-state index in [4.69, 9.17) is 5.73 Å². The molecule has 0 bridgehead atoms. The van der Waals surface area contributed by atoms with Crippen LogP contribution in [0.1, 0.15) is 26.7 Å². The monoisotopic (exact) mass is 165 g/mol. The van der Waals surface area contributed by atoms with Crippen LogP contribution in [0.4, 0.5) is 0 Å². The zero-order chi connectivity index (χ0) is 9.14. The van der Waals surface area contributed by atoms with Gasteiger partial charge in [-0.2, -0.15) is 0 Å². The Morgan fingerprint density at radius 3 is 2.50 bits per heavy atom. The van der Waals surface area contributed by atoms with Crippen molar-refractivity contribution < 1.29 is 4.79 Å². The van der Waals surface area contributed by atoms with E-state index in [9.17, 15) is 4.79 Å². The second-order valence-electron chi connectivity index (χ2n) is 3.20. The Morgan fingerprint density at radius 1 is 1.50 bits per heavy atom. The lowest BCUT2D eigenvalue weighted by Crippen LogP contribution is -2.22. The van der Waals surface area contributed by atoms with Gasteiger partial charge < -0.3 is 5.73 Å². The third-order valence-corrected chi connectivity index (χ3v) is 2.06. The molecule has 0 aromatic rings. The molecule has 2 heteroatoms. The molecule has 0 radical (unpaired) electrons. The summed E-state index contributed by atoms with van der Waals surface area (Å²) >= 11 is 0. The molecule has 1 aliphatic carbocycles. The van der Waals surface area contributed by atoms with E-state index in [1.54, 1.807) is 6.92 Å². The van der Waals surface area contributed by atoms with E-state index in [2.05, 4.69) is 6.08 Å². The molecule has 1 unspecified atom stereocenters. The van der Waals surface area contributed by atoms with Crippen molar-refractivity contribution in [2.75, 3.05) is 0 Å². The summed E-state index contributed by atoms with van der Waals surface area (Å²) in [5.41, 5.74) is 7.56. The molecular weight excluding hydrogens is 150 g/mol. The van der Waals surface area contributed by atoms with Crippen LogP contribution in [0, 0.1) is 0 Å². The van der Waals surface area contributed by atoms with Gasteiger partial charge in [0.1, 0.15) is 0 Å².